The summed E-state index contributed by atoms with van der Waals surface area (Å²) in [6.45, 7) is 2.74. The molecule has 0 N–H and O–H groups in total. The Hall–Kier alpha value is -1.15. The minimum atomic E-state index is -1.44. The highest BCUT2D eigenvalue weighted by atomic mass is 35.5. The van der Waals surface area contributed by atoms with Crippen LogP contribution in [0.5, 0.6) is 0 Å². The van der Waals surface area contributed by atoms with Crippen LogP contribution in [0.15, 0.2) is 30.3 Å². The van der Waals surface area contributed by atoms with Crippen molar-refractivity contribution >= 4 is 23.2 Å². The third-order valence-electron chi connectivity index (χ3n) is 2.12. The highest BCUT2D eigenvalue weighted by molar-refractivity contribution is 6.48. The van der Waals surface area contributed by atoms with Crippen LogP contribution in [-0.2, 0) is 4.79 Å². The number of alkyl halides is 1. The van der Waals surface area contributed by atoms with E-state index in [1.807, 2.05) is 0 Å². The van der Waals surface area contributed by atoms with E-state index in [-0.39, 0.29) is 11.6 Å². The molecule has 3 heteroatoms. The molecule has 74 valence electrons. The van der Waals surface area contributed by atoms with Gasteiger partial charge in [-0.25, -0.2) is 0 Å². The van der Waals surface area contributed by atoms with Crippen molar-refractivity contribution in [3.05, 3.63) is 35.9 Å². The molecule has 1 aromatic rings. The predicted octanol–water partition coefficient (Wildman–Crippen LogP) is 2.46. The number of benzene rings is 1. The standard InChI is InChI=1S/C11H11ClO2/c1-8(13)11(2,12)10(14)9-6-4-3-5-7-9/h3-7H,1-2H3. The zero-order valence-corrected chi connectivity index (χ0v) is 8.84. The molecular weight excluding hydrogens is 200 g/mol. The number of ketones is 2. The third kappa shape index (κ3) is 2.02. The van der Waals surface area contributed by atoms with Crippen LogP contribution >= 0.6 is 11.6 Å². The molecule has 0 saturated carbocycles. The van der Waals surface area contributed by atoms with Crippen LogP contribution in [-0.4, -0.2) is 16.4 Å². The summed E-state index contributed by atoms with van der Waals surface area (Å²) in [6, 6.07) is 8.56. The Kier molecular flexibility index (Phi) is 3.06. The van der Waals surface area contributed by atoms with Gasteiger partial charge in [-0.05, 0) is 13.8 Å². The van der Waals surface area contributed by atoms with Crippen molar-refractivity contribution < 1.29 is 9.59 Å². The van der Waals surface area contributed by atoms with Crippen LogP contribution in [0.1, 0.15) is 24.2 Å². The smallest absolute Gasteiger partial charge is 0.190 e. The Labute approximate surface area is 87.9 Å². The highest BCUT2D eigenvalue weighted by Crippen LogP contribution is 2.21. The van der Waals surface area contributed by atoms with Crippen molar-refractivity contribution in [3.63, 3.8) is 0 Å². The third-order valence-corrected chi connectivity index (χ3v) is 2.56. The van der Waals surface area contributed by atoms with Crippen LogP contribution in [0.25, 0.3) is 0 Å². The lowest BCUT2D eigenvalue weighted by Gasteiger charge is -2.16. The van der Waals surface area contributed by atoms with Gasteiger partial charge in [-0.3, -0.25) is 9.59 Å². The Morgan fingerprint density at radius 3 is 2.14 bits per heavy atom. The Morgan fingerprint density at radius 2 is 1.71 bits per heavy atom. The second-order valence-corrected chi connectivity index (χ2v) is 4.01. The van der Waals surface area contributed by atoms with E-state index in [0.29, 0.717) is 5.56 Å². The second-order valence-electron chi connectivity index (χ2n) is 3.25. The molecular formula is C11H11ClO2. The maximum Gasteiger partial charge on any atom is 0.190 e. The summed E-state index contributed by atoms with van der Waals surface area (Å²) in [5.74, 6) is -0.694. The van der Waals surface area contributed by atoms with Gasteiger partial charge >= 0.3 is 0 Å². The van der Waals surface area contributed by atoms with Crippen LogP contribution in [0.3, 0.4) is 0 Å². The number of carbonyl (C=O) groups excluding carboxylic acids is 2. The quantitative estimate of drug-likeness (QED) is 0.436. The van der Waals surface area contributed by atoms with E-state index in [2.05, 4.69) is 0 Å². The number of halogens is 1. The molecule has 0 bridgehead atoms. The lowest BCUT2D eigenvalue weighted by molar-refractivity contribution is -0.118. The lowest BCUT2D eigenvalue weighted by Crippen LogP contribution is -2.36. The molecule has 0 fully saturated rings. The molecule has 0 heterocycles. The van der Waals surface area contributed by atoms with Crippen LogP contribution in [0.2, 0.25) is 0 Å². The van der Waals surface area contributed by atoms with E-state index in [4.69, 9.17) is 11.6 Å². The summed E-state index contributed by atoms with van der Waals surface area (Å²) in [7, 11) is 0. The molecule has 0 aliphatic heterocycles. The lowest BCUT2D eigenvalue weighted by atomic mass is 9.95. The van der Waals surface area contributed by atoms with Crippen molar-refractivity contribution in [2.75, 3.05) is 0 Å². The van der Waals surface area contributed by atoms with Crippen LogP contribution in [0, 0.1) is 0 Å². The molecule has 0 spiro atoms. The molecule has 1 aromatic carbocycles. The summed E-state index contributed by atoms with van der Waals surface area (Å²) in [5, 5.41) is 0. The molecule has 1 atom stereocenters. The number of carbonyl (C=O) groups is 2. The molecule has 0 aromatic heterocycles. The van der Waals surface area contributed by atoms with Crippen LogP contribution < -0.4 is 0 Å². The topological polar surface area (TPSA) is 34.1 Å². The van der Waals surface area contributed by atoms with E-state index in [1.165, 1.54) is 13.8 Å². The largest absolute Gasteiger partial charge is 0.298 e. The molecule has 0 saturated heterocycles. The maximum absolute atomic E-state index is 11.8. The van der Waals surface area contributed by atoms with Gasteiger partial charge in [0.25, 0.3) is 0 Å². The maximum atomic E-state index is 11.8. The van der Waals surface area contributed by atoms with E-state index in [9.17, 15) is 9.59 Å². The first-order valence-corrected chi connectivity index (χ1v) is 4.64. The SMILES string of the molecule is CC(=O)C(C)(Cl)C(=O)c1ccccc1. The van der Waals surface area contributed by atoms with Crippen molar-refractivity contribution in [3.8, 4) is 0 Å². The van der Waals surface area contributed by atoms with Gasteiger partial charge < -0.3 is 0 Å². The molecule has 14 heavy (non-hydrogen) atoms. The minimum absolute atomic E-state index is 0.340. The molecule has 0 aliphatic carbocycles. The summed E-state index contributed by atoms with van der Waals surface area (Å²) in [6.07, 6.45) is 0. The van der Waals surface area contributed by atoms with Gasteiger partial charge in [0.1, 0.15) is 0 Å². The Bertz CT molecular complexity index is 355. The van der Waals surface area contributed by atoms with Crippen molar-refractivity contribution in [2.45, 2.75) is 18.7 Å². The van der Waals surface area contributed by atoms with Gasteiger partial charge in [0.15, 0.2) is 16.4 Å². The van der Waals surface area contributed by atoms with Gasteiger partial charge in [0.2, 0.25) is 0 Å². The van der Waals surface area contributed by atoms with Gasteiger partial charge in [-0.1, -0.05) is 30.3 Å². The van der Waals surface area contributed by atoms with Crippen molar-refractivity contribution in [1.29, 1.82) is 0 Å². The Morgan fingerprint density at radius 1 is 1.21 bits per heavy atom. The van der Waals surface area contributed by atoms with E-state index < -0.39 is 4.87 Å². The molecule has 0 aliphatic rings. The number of rotatable bonds is 3. The fraction of sp³-hybridized carbons (Fsp3) is 0.273. The predicted molar refractivity (Wildman–Crippen MR) is 55.7 cm³/mol. The van der Waals surface area contributed by atoms with E-state index in [0.717, 1.165) is 0 Å². The fourth-order valence-corrected chi connectivity index (χ4v) is 1.13. The fourth-order valence-electron chi connectivity index (χ4n) is 1.02. The van der Waals surface area contributed by atoms with Crippen molar-refractivity contribution in [2.24, 2.45) is 0 Å². The zero-order chi connectivity index (χ0) is 10.8. The molecule has 2 nitrogen and oxygen atoms in total. The second kappa shape index (κ2) is 3.93. The first kappa shape index (κ1) is 10.9. The summed E-state index contributed by atoms with van der Waals surface area (Å²) < 4.78 is 0. The first-order chi connectivity index (χ1) is 6.46. The minimum Gasteiger partial charge on any atom is -0.298 e. The Balaban J connectivity index is 3.03. The zero-order valence-electron chi connectivity index (χ0n) is 8.08. The van der Waals surface area contributed by atoms with Gasteiger partial charge in [-0.2, -0.15) is 0 Å². The van der Waals surface area contributed by atoms with Crippen molar-refractivity contribution in [1.82, 2.24) is 0 Å². The summed E-state index contributed by atoms with van der Waals surface area (Å²) in [5.41, 5.74) is 0.459. The average Bonchev–Trinajstić information content (AvgIpc) is 2.17. The molecule has 1 rings (SSSR count). The highest BCUT2D eigenvalue weighted by Gasteiger charge is 2.36. The molecule has 0 amide bonds. The summed E-state index contributed by atoms with van der Waals surface area (Å²) >= 11 is 5.86. The normalized spacial score (nSPS) is 14.5. The van der Waals surface area contributed by atoms with Crippen LogP contribution in [0.4, 0.5) is 0 Å². The molecule has 1 unspecified atom stereocenters. The number of Topliss-reactive ketones (excluding diaryl/α,β-unsaturated/α-hetero) is 2. The van der Waals surface area contributed by atoms with Gasteiger partial charge in [0.05, 0.1) is 0 Å². The van der Waals surface area contributed by atoms with Gasteiger partial charge in [-0.15, -0.1) is 11.6 Å². The van der Waals surface area contributed by atoms with E-state index in [1.54, 1.807) is 30.3 Å². The molecule has 0 radical (unpaired) electrons. The number of hydrogen-bond donors (Lipinski definition) is 0. The van der Waals surface area contributed by atoms with Gasteiger partial charge in [0, 0.05) is 5.56 Å². The average molecular weight is 211 g/mol. The van der Waals surface area contributed by atoms with E-state index >= 15 is 0 Å². The summed E-state index contributed by atoms with van der Waals surface area (Å²) in [4.78, 5) is 21.4. The number of hydrogen-bond acceptors (Lipinski definition) is 2. The monoisotopic (exact) mass is 210 g/mol. The first-order valence-electron chi connectivity index (χ1n) is 4.26.